The SMILES string of the molecule is O=C(NCC1CN(C(=O)C2(O)CCC2)CCO1)C1SCCS1. The first-order valence-corrected chi connectivity index (χ1v) is 9.82. The van der Waals surface area contributed by atoms with Crippen LogP contribution in [0.15, 0.2) is 0 Å². The summed E-state index contributed by atoms with van der Waals surface area (Å²) < 4.78 is 5.62. The Kier molecular flexibility index (Phi) is 5.21. The van der Waals surface area contributed by atoms with E-state index in [2.05, 4.69) is 5.32 Å². The largest absolute Gasteiger partial charge is 0.380 e. The van der Waals surface area contributed by atoms with Crippen molar-refractivity contribution in [3.8, 4) is 0 Å². The maximum absolute atomic E-state index is 12.3. The van der Waals surface area contributed by atoms with E-state index in [1.54, 1.807) is 28.4 Å². The Balaban J connectivity index is 1.46. The van der Waals surface area contributed by atoms with Crippen LogP contribution in [0.3, 0.4) is 0 Å². The summed E-state index contributed by atoms with van der Waals surface area (Å²) in [6, 6.07) is 0. The number of rotatable bonds is 4. The van der Waals surface area contributed by atoms with Gasteiger partial charge in [0, 0.05) is 31.1 Å². The second-order valence-electron chi connectivity index (χ2n) is 5.95. The molecule has 3 rings (SSSR count). The lowest BCUT2D eigenvalue weighted by atomic mass is 9.79. The molecular weight excluding hydrogens is 324 g/mol. The van der Waals surface area contributed by atoms with Crippen LogP contribution in [0.2, 0.25) is 0 Å². The van der Waals surface area contributed by atoms with Crippen LogP contribution in [0.1, 0.15) is 19.3 Å². The highest BCUT2D eigenvalue weighted by atomic mass is 32.2. The molecule has 2 amide bonds. The van der Waals surface area contributed by atoms with Crippen molar-refractivity contribution in [1.29, 1.82) is 0 Å². The van der Waals surface area contributed by atoms with Crippen LogP contribution >= 0.6 is 23.5 Å². The molecule has 0 bridgehead atoms. The molecule has 0 aromatic rings. The van der Waals surface area contributed by atoms with Crippen LogP contribution in [0.4, 0.5) is 0 Å². The van der Waals surface area contributed by atoms with Crippen molar-refractivity contribution in [3.05, 3.63) is 0 Å². The molecule has 1 aliphatic carbocycles. The molecule has 2 heterocycles. The highest BCUT2D eigenvalue weighted by Gasteiger charge is 2.45. The zero-order chi connectivity index (χ0) is 15.6. The lowest BCUT2D eigenvalue weighted by Crippen LogP contribution is -2.58. The first kappa shape index (κ1) is 16.4. The van der Waals surface area contributed by atoms with E-state index in [1.807, 2.05) is 0 Å². The number of aliphatic hydroxyl groups is 1. The number of amides is 2. The summed E-state index contributed by atoms with van der Waals surface area (Å²) in [5.41, 5.74) is -1.15. The predicted molar refractivity (Wildman–Crippen MR) is 86.8 cm³/mol. The number of morpholine rings is 1. The molecule has 22 heavy (non-hydrogen) atoms. The molecule has 0 aromatic heterocycles. The van der Waals surface area contributed by atoms with E-state index >= 15 is 0 Å². The summed E-state index contributed by atoms with van der Waals surface area (Å²) in [6.07, 6.45) is 1.83. The second-order valence-corrected chi connectivity index (χ2v) is 8.67. The van der Waals surface area contributed by atoms with Crippen LogP contribution in [-0.4, -0.2) is 75.9 Å². The number of carbonyl (C=O) groups excluding carboxylic acids is 2. The normalized spacial score (nSPS) is 28.2. The van der Waals surface area contributed by atoms with Crippen molar-refractivity contribution in [1.82, 2.24) is 10.2 Å². The summed E-state index contributed by atoms with van der Waals surface area (Å²) in [4.78, 5) is 26.0. The van der Waals surface area contributed by atoms with E-state index in [9.17, 15) is 14.7 Å². The van der Waals surface area contributed by atoms with E-state index < -0.39 is 5.60 Å². The van der Waals surface area contributed by atoms with Gasteiger partial charge in [-0.1, -0.05) is 0 Å². The summed E-state index contributed by atoms with van der Waals surface area (Å²) in [6.45, 7) is 1.82. The fraction of sp³-hybridized carbons (Fsp3) is 0.857. The number of hydrogen-bond donors (Lipinski definition) is 2. The van der Waals surface area contributed by atoms with Gasteiger partial charge in [0.1, 0.15) is 10.2 Å². The molecule has 2 aliphatic heterocycles. The monoisotopic (exact) mass is 346 g/mol. The number of ether oxygens (including phenoxy) is 1. The summed E-state index contributed by atoms with van der Waals surface area (Å²) >= 11 is 3.34. The summed E-state index contributed by atoms with van der Waals surface area (Å²) in [7, 11) is 0. The standard InChI is InChI=1S/C14H22N2O4S2/c17-11(12-21-6-7-22-12)15-8-10-9-16(4-5-20-10)13(18)14(19)2-1-3-14/h10,12,19H,1-9H2,(H,15,17). The highest BCUT2D eigenvalue weighted by Crippen LogP contribution is 2.34. The third-order valence-corrected chi connectivity index (χ3v) is 7.33. The third kappa shape index (κ3) is 3.55. The van der Waals surface area contributed by atoms with Gasteiger partial charge in [-0.25, -0.2) is 0 Å². The zero-order valence-corrected chi connectivity index (χ0v) is 14.1. The number of carbonyl (C=O) groups is 2. The average Bonchev–Trinajstić information content (AvgIpc) is 3.04. The van der Waals surface area contributed by atoms with Crippen molar-refractivity contribution >= 4 is 35.3 Å². The van der Waals surface area contributed by atoms with Gasteiger partial charge in [-0.2, -0.15) is 0 Å². The molecule has 1 unspecified atom stereocenters. The highest BCUT2D eigenvalue weighted by molar-refractivity contribution is 8.21. The van der Waals surface area contributed by atoms with Gasteiger partial charge in [-0.05, 0) is 19.3 Å². The topological polar surface area (TPSA) is 78.9 Å². The van der Waals surface area contributed by atoms with Gasteiger partial charge in [0.25, 0.3) is 5.91 Å². The van der Waals surface area contributed by atoms with E-state index in [-0.39, 0.29) is 22.5 Å². The van der Waals surface area contributed by atoms with Gasteiger partial charge in [0.2, 0.25) is 5.91 Å². The van der Waals surface area contributed by atoms with Crippen molar-refractivity contribution in [2.45, 2.75) is 35.5 Å². The van der Waals surface area contributed by atoms with Gasteiger partial charge in [-0.3, -0.25) is 9.59 Å². The van der Waals surface area contributed by atoms with Gasteiger partial charge in [-0.15, -0.1) is 23.5 Å². The van der Waals surface area contributed by atoms with E-state index in [1.165, 1.54) is 0 Å². The molecule has 3 fully saturated rings. The predicted octanol–water partition coefficient (Wildman–Crippen LogP) is 0.0511. The molecule has 0 aromatic carbocycles. The summed E-state index contributed by atoms with van der Waals surface area (Å²) in [5, 5.41) is 13.1. The maximum atomic E-state index is 12.3. The minimum absolute atomic E-state index is 0.0167. The van der Waals surface area contributed by atoms with E-state index in [0.29, 0.717) is 39.1 Å². The van der Waals surface area contributed by atoms with Crippen LogP contribution in [0, 0.1) is 0 Å². The lowest BCUT2D eigenvalue weighted by Gasteiger charge is -2.42. The Morgan fingerprint density at radius 1 is 1.32 bits per heavy atom. The molecule has 0 radical (unpaired) electrons. The number of nitrogens with one attached hydrogen (secondary N) is 1. The number of hydrogen-bond acceptors (Lipinski definition) is 6. The molecule has 8 heteroatoms. The Bertz CT molecular complexity index is 439. The molecule has 0 spiro atoms. The van der Waals surface area contributed by atoms with Crippen LogP contribution in [0.25, 0.3) is 0 Å². The lowest BCUT2D eigenvalue weighted by molar-refractivity contribution is -0.167. The van der Waals surface area contributed by atoms with Crippen molar-refractivity contribution in [2.24, 2.45) is 0 Å². The van der Waals surface area contributed by atoms with Gasteiger partial charge in [0.05, 0.1) is 12.7 Å². The van der Waals surface area contributed by atoms with Crippen molar-refractivity contribution < 1.29 is 19.4 Å². The van der Waals surface area contributed by atoms with Crippen LogP contribution < -0.4 is 5.32 Å². The van der Waals surface area contributed by atoms with Crippen LogP contribution in [-0.2, 0) is 14.3 Å². The van der Waals surface area contributed by atoms with Gasteiger partial charge < -0.3 is 20.1 Å². The number of thioether (sulfide) groups is 2. The van der Waals surface area contributed by atoms with Crippen LogP contribution in [0.5, 0.6) is 0 Å². The molecule has 3 aliphatic rings. The molecule has 2 N–H and O–H groups in total. The first-order chi connectivity index (χ1) is 10.6. The minimum Gasteiger partial charge on any atom is -0.380 e. The molecule has 2 saturated heterocycles. The average molecular weight is 346 g/mol. The van der Waals surface area contributed by atoms with Gasteiger partial charge in [0.15, 0.2) is 0 Å². The Labute approximate surface area is 138 Å². The molecule has 6 nitrogen and oxygen atoms in total. The fourth-order valence-electron chi connectivity index (χ4n) is 2.85. The Morgan fingerprint density at radius 3 is 2.68 bits per heavy atom. The molecule has 1 atom stereocenters. The summed E-state index contributed by atoms with van der Waals surface area (Å²) in [5.74, 6) is 1.89. The molecule has 1 saturated carbocycles. The molecule has 124 valence electrons. The smallest absolute Gasteiger partial charge is 0.254 e. The Morgan fingerprint density at radius 2 is 2.05 bits per heavy atom. The fourth-order valence-corrected chi connectivity index (χ4v) is 5.48. The minimum atomic E-state index is -1.15. The zero-order valence-electron chi connectivity index (χ0n) is 12.5. The Hall–Kier alpha value is -0.440. The van der Waals surface area contributed by atoms with Crippen molar-refractivity contribution in [3.63, 3.8) is 0 Å². The first-order valence-electron chi connectivity index (χ1n) is 7.73. The quantitative estimate of drug-likeness (QED) is 0.749. The second kappa shape index (κ2) is 6.98. The third-order valence-electron chi connectivity index (χ3n) is 4.34. The maximum Gasteiger partial charge on any atom is 0.254 e. The molecular formula is C14H22N2O4S2. The van der Waals surface area contributed by atoms with Crippen molar-refractivity contribution in [2.75, 3.05) is 37.7 Å². The number of nitrogens with zero attached hydrogens (tertiary/aromatic N) is 1. The van der Waals surface area contributed by atoms with Gasteiger partial charge >= 0.3 is 0 Å². The van der Waals surface area contributed by atoms with E-state index in [4.69, 9.17) is 4.74 Å². The van der Waals surface area contributed by atoms with E-state index in [0.717, 1.165) is 17.9 Å².